The highest BCUT2D eigenvalue weighted by Crippen LogP contribution is 2.35. The number of piperidine rings is 1. The predicted molar refractivity (Wildman–Crippen MR) is 87.2 cm³/mol. The van der Waals surface area contributed by atoms with E-state index in [1.165, 1.54) is 11.3 Å². The average molecular weight is 402 g/mol. The third-order valence-electron chi connectivity index (χ3n) is 4.10. The molecule has 0 radical (unpaired) electrons. The molecule has 0 spiro atoms. The minimum Gasteiger partial charge on any atom is -0.316 e. The van der Waals surface area contributed by atoms with Crippen LogP contribution in [-0.2, 0) is 10.0 Å². The fraction of sp³-hybridized carbons (Fsp3) is 0.667. The third-order valence-corrected chi connectivity index (χ3v) is 8.55. The van der Waals surface area contributed by atoms with Gasteiger partial charge in [-0.25, -0.2) is 8.42 Å². The molecule has 3 rings (SSSR count). The maximum Gasteiger partial charge on any atom is 0.252 e. The molecular weight excluding hydrogens is 384 g/mol. The lowest BCUT2D eigenvalue weighted by molar-refractivity contribution is 0.228. The maximum atomic E-state index is 12.6. The van der Waals surface area contributed by atoms with E-state index >= 15 is 0 Å². The number of nitrogens with zero attached hydrogens (tertiary/aromatic N) is 1. The van der Waals surface area contributed by atoms with Crippen LogP contribution < -0.4 is 5.32 Å². The Morgan fingerprint density at radius 2 is 2.10 bits per heavy atom. The molecule has 0 aliphatic carbocycles. The normalized spacial score (nSPS) is 27.1. The Morgan fingerprint density at radius 1 is 1.40 bits per heavy atom. The molecule has 8 heteroatoms. The molecule has 1 N–H and O–H groups in total. The van der Waals surface area contributed by atoms with E-state index in [2.05, 4.69) is 21.2 Å². The smallest absolute Gasteiger partial charge is 0.252 e. The number of fused-ring (bicyclic) bond motifs is 1. The van der Waals surface area contributed by atoms with Crippen molar-refractivity contribution < 1.29 is 8.42 Å². The van der Waals surface area contributed by atoms with Gasteiger partial charge in [-0.05, 0) is 65.8 Å². The number of rotatable bonds is 2. The summed E-state index contributed by atoms with van der Waals surface area (Å²) < 4.78 is 28.3. The van der Waals surface area contributed by atoms with E-state index in [0.717, 1.165) is 28.9 Å². The van der Waals surface area contributed by atoms with Crippen LogP contribution in [0, 0.1) is 18.8 Å². The van der Waals surface area contributed by atoms with Crippen molar-refractivity contribution in [1.82, 2.24) is 9.62 Å². The molecule has 2 aliphatic rings. The minimum absolute atomic E-state index is 0. The van der Waals surface area contributed by atoms with Crippen molar-refractivity contribution in [2.75, 3.05) is 26.2 Å². The molecule has 0 saturated carbocycles. The molecule has 2 unspecified atom stereocenters. The van der Waals surface area contributed by atoms with Crippen LogP contribution in [0.1, 0.15) is 12.0 Å². The highest BCUT2D eigenvalue weighted by atomic mass is 79.9. The number of halogens is 2. The van der Waals surface area contributed by atoms with Gasteiger partial charge < -0.3 is 5.32 Å². The van der Waals surface area contributed by atoms with Gasteiger partial charge in [0, 0.05) is 13.1 Å². The summed E-state index contributed by atoms with van der Waals surface area (Å²) >= 11 is 4.71. The van der Waals surface area contributed by atoms with Gasteiger partial charge in [-0.3, -0.25) is 0 Å². The maximum absolute atomic E-state index is 12.6. The summed E-state index contributed by atoms with van der Waals surface area (Å²) in [5, 5.41) is 3.36. The second-order valence-electron chi connectivity index (χ2n) is 5.35. The molecule has 0 amide bonds. The standard InChI is InChI=1S/C12H17BrN2O2S2.ClH/c1-8-4-11(18-12(8)13)19(16,17)15-3-2-9-5-14-6-10(9)7-15;/h4,9-10,14H,2-3,5-7H2,1H3;1H. The molecule has 2 aliphatic heterocycles. The molecule has 2 fully saturated rings. The second-order valence-corrected chi connectivity index (χ2v) is 9.89. The van der Waals surface area contributed by atoms with E-state index in [0.29, 0.717) is 29.1 Å². The number of aryl methyl sites for hydroxylation is 1. The van der Waals surface area contributed by atoms with Crippen molar-refractivity contribution in [3.05, 3.63) is 15.4 Å². The van der Waals surface area contributed by atoms with Crippen molar-refractivity contribution in [2.24, 2.45) is 11.8 Å². The van der Waals surface area contributed by atoms with Gasteiger partial charge in [0.15, 0.2) is 0 Å². The lowest BCUT2D eigenvalue weighted by Gasteiger charge is -2.33. The number of hydrogen-bond acceptors (Lipinski definition) is 4. The fourth-order valence-electron chi connectivity index (χ4n) is 2.91. The van der Waals surface area contributed by atoms with E-state index in [-0.39, 0.29) is 12.4 Å². The zero-order valence-electron chi connectivity index (χ0n) is 11.1. The molecule has 114 valence electrons. The number of sulfonamides is 1. The van der Waals surface area contributed by atoms with E-state index in [1.807, 2.05) is 6.92 Å². The summed E-state index contributed by atoms with van der Waals surface area (Å²) in [6.07, 6.45) is 0.975. The Morgan fingerprint density at radius 3 is 2.75 bits per heavy atom. The first kappa shape index (κ1) is 16.7. The topological polar surface area (TPSA) is 49.4 Å². The van der Waals surface area contributed by atoms with Crippen LogP contribution in [0.4, 0.5) is 0 Å². The van der Waals surface area contributed by atoms with E-state index in [1.54, 1.807) is 10.4 Å². The van der Waals surface area contributed by atoms with Crippen LogP contribution in [0.2, 0.25) is 0 Å². The largest absolute Gasteiger partial charge is 0.316 e. The zero-order chi connectivity index (χ0) is 13.6. The molecule has 3 heterocycles. The number of thiophene rings is 1. The Labute approximate surface area is 138 Å². The Balaban J connectivity index is 0.00000147. The first-order chi connectivity index (χ1) is 8.98. The van der Waals surface area contributed by atoms with Gasteiger partial charge in [-0.2, -0.15) is 4.31 Å². The molecule has 0 bridgehead atoms. The fourth-order valence-corrected chi connectivity index (χ4v) is 6.80. The van der Waals surface area contributed by atoms with Crippen molar-refractivity contribution in [1.29, 1.82) is 0 Å². The summed E-state index contributed by atoms with van der Waals surface area (Å²) in [6.45, 7) is 5.23. The summed E-state index contributed by atoms with van der Waals surface area (Å²) in [5.41, 5.74) is 0.987. The average Bonchev–Trinajstić information content (AvgIpc) is 2.96. The highest BCUT2D eigenvalue weighted by molar-refractivity contribution is 9.11. The van der Waals surface area contributed by atoms with Gasteiger partial charge in [-0.1, -0.05) is 0 Å². The van der Waals surface area contributed by atoms with Gasteiger partial charge in [0.1, 0.15) is 4.21 Å². The van der Waals surface area contributed by atoms with Crippen LogP contribution >= 0.6 is 39.7 Å². The Bertz CT molecular complexity index is 571. The first-order valence-electron chi connectivity index (χ1n) is 6.45. The Kier molecular flexibility index (Phi) is 5.20. The minimum atomic E-state index is -3.31. The molecule has 1 aromatic rings. The zero-order valence-corrected chi connectivity index (χ0v) is 15.2. The van der Waals surface area contributed by atoms with E-state index < -0.39 is 10.0 Å². The number of hydrogen-bond donors (Lipinski definition) is 1. The summed E-state index contributed by atoms with van der Waals surface area (Å²) in [4.78, 5) is 0. The lowest BCUT2D eigenvalue weighted by atomic mass is 9.90. The van der Waals surface area contributed by atoms with Crippen LogP contribution in [0.15, 0.2) is 14.1 Å². The molecule has 0 aromatic carbocycles. The highest BCUT2D eigenvalue weighted by Gasteiger charge is 2.38. The van der Waals surface area contributed by atoms with Crippen molar-refractivity contribution in [2.45, 2.75) is 17.6 Å². The quantitative estimate of drug-likeness (QED) is 0.828. The van der Waals surface area contributed by atoms with Gasteiger partial charge in [0.05, 0.1) is 3.79 Å². The summed E-state index contributed by atoms with van der Waals surface area (Å²) in [5.74, 6) is 1.14. The SMILES string of the molecule is Cc1cc(S(=O)(=O)N2CCC3CNCC3C2)sc1Br.Cl. The molecule has 20 heavy (non-hydrogen) atoms. The van der Waals surface area contributed by atoms with Crippen molar-refractivity contribution >= 4 is 49.7 Å². The molecular formula is C12H18BrClN2O2S2. The van der Waals surface area contributed by atoms with Gasteiger partial charge >= 0.3 is 0 Å². The molecule has 2 atom stereocenters. The van der Waals surface area contributed by atoms with Crippen LogP contribution in [0.25, 0.3) is 0 Å². The van der Waals surface area contributed by atoms with Crippen LogP contribution in [0.5, 0.6) is 0 Å². The molecule has 4 nitrogen and oxygen atoms in total. The van der Waals surface area contributed by atoms with E-state index in [4.69, 9.17) is 0 Å². The van der Waals surface area contributed by atoms with Crippen molar-refractivity contribution in [3.8, 4) is 0 Å². The molecule has 1 aromatic heterocycles. The molecule has 2 saturated heterocycles. The van der Waals surface area contributed by atoms with Gasteiger partial charge in [-0.15, -0.1) is 23.7 Å². The monoisotopic (exact) mass is 400 g/mol. The lowest BCUT2D eigenvalue weighted by Crippen LogP contribution is -2.43. The van der Waals surface area contributed by atoms with Crippen LogP contribution in [-0.4, -0.2) is 38.9 Å². The first-order valence-corrected chi connectivity index (χ1v) is 9.50. The third kappa shape index (κ3) is 2.94. The predicted octanol–water partition coefficient (Wildman–Crippen LogP) is 2.47. The van der Waals surface area contributed by atoms with Crippen molar-refractivity contribution in [3.63, 3.8) is 0 Å². The summed E-state index contributed by atoms with van der Waals surface area (Å²) in [6, 6.07) is 1.77. The van der Waals surface area contributed by atoms with Crippen LogP contribution in [0.3, 0.4) is 0 Å². The summed E-state index contributed by atoms with van der Waals surface area (Å²) in [7, 11) is -3.31. The van der Waals surface area contributed by atoms with Gasteiger partial charge in [0.25, 0.3) is 10.0 Å². The van der Waals surface area contributed by atoms with Gasteiger partial charge in [0.2, 0.25) is 0 Å². The second kappa shape index (κ2) is 6.22. The Hall–Kier alpha value is 0.340. The number of nitrogens with one attached hydrogen (secondary N) is 1. The van der Waals surface area contributed by atoms with E-state index in [9.17, 15) is 8.42 Å².